The van der Waals surface area contributed by atoms with E-state index in [2.05, 4.69) is 4.84 Å². The van der Waals surface area contributed by atoms with Gasteiger partial charge in [0.1, 0.15) is 0 Å². The second-order valence-corrected chi connectivity index (χ2v) is 4.36. The number of nitrogens with two attached hydrogens (primary N) is 2. The molecule has 0 amide bonds. The summed E-state index contributed by atoms with van der Waals surface area (Å²) in [6.45, 7) is 0. The smallest absolute Gasteiger partial charge is 0.327 e. The summed E-state index contributed by atoms with van der Waals surface area (Å²) in [6, 6.07) is 5.28. The zero-order chi connectivity index (χ0) is 12.0. The van der Waals surface area contributed by atoms with Crippen molar-refractivity contribution in [1.29, 1.82) is 0 Å². The number of thioether (sulfide) groups is 1. The number of rotatable bonds is 5. The Morgan fingerprint density at radius 3 is 2.94 bits per heavy atom. The van der Waals surface area contributed by atoms with Gasteiger partial charge in [-0.25, -0.2) is 5.84 Å². The van der Waals surface area contributed by atoms with E-state index in [1.165, 1.54) is 11.8 Å². The van der Waals surface area contributed by atoms with E-state index < -0.39 is 5.97 Å². The Bertz CT molecular complexity index is 356. The number of nitrogen functional groups attached to an aromatic ring is 1. The van der Waals surface area contributed by atoms with Crippen LogP contribution >= 0.6 is 23.4 Å². The average molecular weight is 262 g/mol. The summed E-state index contributed by atoms with van der Waals surface area (Å²) in [5.74, 6) is 4.91. The molecule has 0 radical (unpaired) electrons. The zero-order valence-electron chi connectivity index (χ0n) is 8.40. The first-order valence-corrected chi connectivity index (χ1v) is 5.83. The standard InChI is InChI=1S/C9H12ClN3O2S/c10-6-2-1-3-7(11)9(6)16-5-4-8(14)15-13-12/h1-3,13H,4-5,11-12H2. The highest BCUT2D eigenvalue weighted by Crippen LogP contribution is 2.32. The van der Waals surface area contributed by atoms with E-state index in [4.69, 9.17) is 23.2 Å². The summed E-state index contributed by atoms with van der Waals surface area (Å²) in [5.41, 5.74) is 8.17. The molecule has 7 heteroatoms. The van der Waals surface area contributed by atoms with Crippen LogP contribution in [0.5, 0.6) is 0 Å². The number of halogens is 1. The van der Waals surface area contributed by atoms with E-state index >= 15 is 0 Å². The minimum absolute atomic E-state index is 0.222. The first kappa shape index (κ1) is 13.1. The normalized spacial score (nSPS) is 10.1. The molecule has 0 bridgehead atoms. The van der Waals surface area contributed by atoms with Gasteiger partial charge in [0.05, 0.1) is 11.4 Å². The van der Waals surface area contributed by atoms with Gasteiger partial charge < -0.3 is 10.6 Å². The third kappa shape index (κ3) is 3.90. The second kappa shape index (κ2) is 6.59. The number of hydrogen-bond acceptors (Lipinski definition) is 6. The predicted molar refractivity (Wildman–Crippen MR) is 64.6 cm³/mol. The molecular weight excluding hydrogens is 250 g/mol. The van der Waals surface area contributed by atoms with E-state index in [0.29, 0.717) is 16.5 Å². The lowest BCUT2D eigenvalue weighted by atomic mass is 10.3. The zero-order valence-corrected chi connectivity index (χ0v) is 9.98. The summed E-state index contributed by atoms with van der Waals surface area (Å²) >= 11 is 7.36. The molecule has 0 aliphatic carbocycles. The number of hydrogen-bond donors (Lipinski definition) is 3. The molecule has 1 aromatic rings. The van der Waals surface area contributed by atoms with Gasteiger partial charge in [-0.1, -0.05) is 23.3 Å². The van der Waals surface area contributed by atoms with Crippen molar-refractivity contribution in [3.8, 4) is 0 Å². The highest BCUT2D eigenvalue weighted by molar-refractivity contribution is 7.99. The van der Waals surface area contributed by atoms with Gasteiger partial charge in [0, 0.05) is 16.3 Å². The van der Waals surface area contributed by atoms with Crippen LogP contribution in [-0.2, 0) is 9.63 Å². The molecule has 0 aliphatic heterocycles. The van der Waals surface area contributed by atoms with Crippen molar-refractivity contribution in [2.24, 2.45) is 5.84 Å². The molecule has 0 saturated heterocycles. The Morgan fingerprint density at radius 1 is 1.56 bits per heavy atom. The predicted octanol–water partition coefficient (Wildman–Crippen LogP) is 1.33. The van der Waals surface area contributed by atoms with E-state index in [-0.39, 0.29) is 6.42 Å². The van der Waals surface area contributed by atoms with Crippen LogP contribution in [0.3, 0.4) is 0 Å². The molecule has 0 spiro atoms. The average Bonchev–Trinajstić information content (AvgIpc) is 2.23. The molecule has 0 fully saturated rings. The quantitative estimate of drug-likeness (QED) is 0.321. The maximum absolute atomic E-state index is 11.0. The number of benzene rings is 1. The molecule has 0 atom stereocenters. The van der Waals surface area contributed by atoms with Crippen molar-refractivity contribution in [3.05, 3.63) is 23.2 Å². The van der Waals surface area contributed by atoms with Gasteiger partial charge in [-0.3, -0.25) is 4.79 Å². The van der Waals surface area contributed by atoms with Crippen LogP contribution in [-0.4, -0.2) is 11.7 Å². The third-order valence-corrected chi connectivity index (χ3v) is 3.30. The lowest BCUT2D eigenvalue weighted by molar-refractivity contribution is -0.150. The van der Waals surface area contributed by atoms with Crippen LogP contribution in [0.2, 0.25) is 5.02 Å². The van der Waals surface area contributed by atoms with Gasteiger partial charge in [0.2, 0.25) is 0 Å². The third-order valence-electron chi connectivity index (χ3n) is 1.72. The second-order valence-electron chi connectivity index (χ2n) is 2.85. The lowest BCUT2D eigenvalue weighted by Crippen LogP contribution is -2.26. The number of carbonyl (C=O) groups is 1. The van der Waals surface area contributed by atoms with Gasteiger partial charge in [-0.2, -0.15) is 0 Å². The van der Waals surface area contributed by atoms with Gasteiger partial charge >= 0.3 is 5.97 Å². The fraction of sp³-hybridized carbons (Fsp3) is 0.222. The molecule has 0 unspecified atom stereocenters. The molecule has 16 heavy (non-hydrogen) atoms. The Labute approximate surface area is 102 Å². The molecule has 5 N–H and O–H groups in total. The molecule has 88 valence electrons. The van der Waals surface area contributed by atoms with Crippen molar-refractivity contribution in [2.75, 3.05) is 11.5 Å². The molecule has 0 heterocycles. The van der Waals surface area contributed by atoms with Crippen molar-refractivity contribution in [3.63, 3.8) is 0 Å². The largest absolute Gasteiger partial charge is 0.398 e. The molecule has 0 saturated carbocycles. The minimum atomic E-state index is -0.430. The molecular formula is C9H12ClN3O2S. The maximum atomic E-state index is 11.0. The van der Waals surface area contributed by atoms with Crippen molar-refractivity contribution in [1.82, 2.24) is 5.59 Å². The fourth-order valence-corrected chi connectivity index (χ4v) is 2.29. The molecule has 5 nitrogen and oxygen atoms in total. The Kier molecular flexibility index (Phi) is 5.41. The highest BCUT2D eigenvalue weighted by Gasteiger charge is 2.07. The Morgan fingerprint density at radius 2 is 2.31 bits per heavy atom. The first-order valence-electron chi connectivity index (χ1n) is 4.47. The van der Waals surface area contributed by atoms with Gasteiger partial charge in [-0.15, -0.1) is 11.8 Å². The first-order chi connectivity index (χ1) is 7.65. The van der Waals surface area contributed by atoms with Crippen molar-refractivity contribution in [2.45, 2.75) is 11.3 Å². The van der Waals surface area contributed by atoms with Gasteiger partial charge in [-0.05, 0) is 12.1 Å². The summed E-state index contributed by atoms with van der Waals surface area (Å²) in [5, 5.41) is 0.579. The molecule has 1 rings (SSSR count). The van der Waals surface area contributed by atoms with E-state index in [0.717, 1.165) is 4.90 Å². The minimum Gasteiger partial charge on any atom is -0.398 e. The van der Waals surface area contributed by atoms with Gasteiger partial charge in [0.25, 0.3) is 0 Å². The fourth-order valence-electron chi connectivity index (χ4n) is 1.03. The lowest BCUT2D eigenvalue weighted by Gasteiger charge is -2.06. The van der Waals surface area contributed by atoms with Crippen LogP contribution in [0.25, 0.3) is 0 Å². The molecule has 1 aromatic carbocycles. The Balaban J connectivity index is 2.46. The maximum Gasteiger partial charge on any atom is 0.327 e. The van der Waals surface area contributed by atoms with Crippen molar-refractivity contribution >= 4 is 35.0 Å². The van der Waals surface area contributed by atoms with E-state index in [1.807, 2.05) is 5.59 Å². The Hall–Kier alpha value is -0.950. The van der Waals surface area contributed by atoms with Crippen LogP contribution in [0, 0.1) is 0 Å². The summed E-state index contributed by atoms with van der Waals surface area (Å²) in [6.07, 6.45) is 0.222. The van der Waals surface area contributed by atoms with Crippen LogP contribution in [0.15, 0.2) is 23.1 Å². The molecule has 0 aromatic heterocycles. The van der Waals surface area contributed by atoms with Crippen LogP contribution in [0.1, 0.15) is 6.42 Å². The van der Waals surface area contributed by atoms with E-state index in [1.54, 1.807) is 18.2 Å². The number of hydrazine groups is 1. The summed E-state index contributed by atoms with van der Waals surface area (Å²) in [7, 11) is 0. The van der Waals surface area contributed by atoms with Gasteiger partial charge in [0.15, 0.2) is 0 Å². The SMILES string of the molecule is NNOC(=O)CCSc1c(N)cccc1Cl. The number of anilines is 1. The van der Waals surface area contributed by atoms with Crippen molar-refractivity contribution < 1.29 is 9.63 Å². The molecule has 0 aliphatic rings. The summed E-state index contributed by atoms with van der Waals surface area (Å²) < 4.78 is 0. The summed E-state index contributed by atoms with van der Waals surface area (Å²) in [4.78, 5) is 16.1. The monoisotopic (exact) mass is 261 g/mol. The van der Waals surface area contributed by atoms with E-state index in [9.17, 15) is 4.79 Å². The van der Waals surface area contributed by atoms with Crippen LogP contribution < -0.4 is 17.2 Å². The van der Waals surface area contributed by atoms with Crippen LogP contribution in [0.4, 0.5) is 5.69 Å². The topological polar surface area (TPSA) is 90.4 Å². The number of nitrogens with one attached hydrogen (secondary N) is 1. The highest BCUT2D eigenvalue weighted by atomic mass is 35.5. The number of carbonyl (C=O) groups excluding carboxylic acids is 1.